The number of fused-ring (bicyclic) bond motifs is 1. The number of benzene rings is 1. The van der Waals surface area contributed by atoms with Gasteiger partial charge in [-0.2, -0.15) is 0 Å². The second kappa shape index (κ2) is 6.85. The molecule has 0 fully saturated rings. The van der Waals surface area contributed by atoms with Gasteiger partial charge in [0.05, 0.1) is 11.4 Å². The normalized spacial score (nSPS) is 13.6. The summed E-state index contributed by atoms with van der Waals surface area (Å²) in [6.45, 7) is 7.31. The van der Waals surface area contributed by atoms with Crippen LogP contribution in [0.5, 0.6) is 0 Å². The fourth-order valence-corrected chi connectivity index (χ4v) is 3.69. The molecule has 5 heteroatoms. The number of aromatic nitrogens is 1. The molecule has 3 rings (SSSR count). The lowest BCUT2D eigenvalue weighted by atomic mass is 10.0. The Bertz CT molecular complexity index is 765. The van der Waals surface area contributed by atoms with Crippen LogP contribution in [0.15, 0.2) is 29.2 Å². The Labute approximate surface area is 147 Å². The summed E-state index contributed by atoms with van der Waals surface area (Å²) in [7, 11) is 0. The lowest BCUT2D eigenvalue weighted by molar-refractivity contribution is 0.206. The average Bonchev–Trinajstić information content (AvgIpc) is 2.56. The summed E-state index contributed by atoms with van der Waals surface area (Å²) in [5, 5.41) is 3.05. The zero-order valence-corrected chi connectivity index (χ0v) is 15.5. The van der Waals surface area contributed by atoms with Crippen LogP contribution in [0.3, 0.4) is 0 Å². The molecule has 0 spiro atoms. The number of hydrogen-bond acceptors (Lipinski definition) is 3. The van der Waals surface area contributed by atoms with Crippen LogP contribution in [0.25, 0.3) is 0 Å². The quantitative estimate of drug-likeness (QED) is 0.828. The first kappa shape index (κ1) is 16.8. The van der Waals surface area contributed by atoms with Gasteiger partial charge in [-0.15, -0.1) is 11.8 Å². The van der Waals surface area contributed by atoms with Gasteiger partial charge in [-0.05, 0) is 68.3 Å². The van der Waals surface area contributed by atoms with Crippen LogP contribution in [-0.4, -0.2) is 28.7 Å². The third kappa shape index (κ3) is 3.41. The Kier molecular flexibility index (Phi) is 4.81. The standard InChI is InChI=1S/C19H23N3OS/c1-12-9-13(2)20-14(3)18(12)21-19(23)22-8-7-15-10-17(24-4)6-5-16(15)11-22/h5-6,9-10H,7-8,11H2,1-4H3,(H,21,23). The Morgan fingerprint density at radius 3 is 2.71 bits per heavy atom. The van der Waals surface area contributed by atoms with Crippen molar-refractivity contribution < 1.29 is 4.79 Å². The molecule has 1 aromatic heterocycles. The molecule has 1 aliphatic heterocycles. The largest absolute Gasteiger partial charge is 0.322 e. The number of nitrogens with zero attached hydrogens (tertiary/aromatic N) is 2. The van der Waals surface area contributed by atoms with Crippen molar-refractivity contribution in [1.29, 1.82) is 0 Å². The van der Waals surface area contributed by atoms with E-state index >= 15 is 0 Å². The topological polar surface area (TPSA) is 45.2 Å². The van der Waals surface area contributed by atoms with Crippen molar-refractivity contribution in [2.45, 2.75) is 38.6 Å². The first-order valence-corrected chi connectivity index (χ1v) is 9.37. The predicted octanol–water partition coefficient (Wildman–Crippen LogP) is 4.32. The Balaban J connectivity index is 1.75. The summed E-state index contributed by atoms with van der Waals surface area (Å²) in [6, 6.07) is 8.46. The van der Waals surface area contributed by atoms with Gasteiger partial charge in [-0.1, -0.05) is 6.07 Å². The smallest absolute Gasteiger partial charge is 0.320 e. The molecule has 0 bridgehead atoms. The van der Waals surface area contributed by atoms with Crippen LogP contribution in [0, 0.1) is 20.8 Å². The van der Waals surface area contributed by atoms with Gasteiger partial charge in [-0.25, -0.2) is 4.79 Å². The number of nitrogens with one attached hydrogen (secondary N) is 1. The summed E-state index contributed by atoms with van der Waals surface area (Å²) in [5.74, 6) is 0. The summed E-state index contributed by atoms with van der Waals surface area (Å²) >= 11 is 1.75. The molecule has 0 saturated carbocycles. The fourth-order valence-electron chi connectivity index (χ4n) is 3.23. The van der Waals surface area contributed by atoms with E-state index in [0.29, 0.717) is 6.54 Å². The number of carbonyl (C=O) groups excluding carboxylic acids is 1. The number of aryl methyl sites for hydroxylation is 3. The molecule has 4 nitrogen and oxygen atoms in total. The van der Waals surface area contributed by atoms with Crippen LogP contribution >= 0.6 is 11.8 Å². The zero-order valence-electron chi connectivity index (χ0n) is 14.6. The predicted molar refractivity (Wildman–Crippen MR) is 99.8 cm³/mol. The van der Waals surface area contributed by atoms with Gasteiger partial charge in [-0.3, -0.25) is 4.98 Å². The van der Waals surface area contributed by atoms with Gasteiger partial charge in [0.25, 0.3) is 0 Å². The highest BCUT2D eigenvalue weighted by atomic mass is 32.2. The Morgan fingerprint density at radius 2 is 2.00 bits per heavy atom. The number of rotatable bonds is 2. The Morgan fingerprint density at radius 1 is 1.21 bits per heavy atom. The third-order valence-electron chi connectivity index (χ3n) is 4.47. The van der Waals surface area contributed by atoms with E-state index in [1.54, 1.807) is 11.8 Å². The number of urea groups is 1. The molecular formula is C19H23N3OS. The molecule has 24 heavy (non-hydrogen) atoms. The van der Waals surface area contributed by atoms with E-state index in [-0.39, 0.29) is 6.03 Å². The Hall–Kier alpha value is -2.01. The molecule has 0 unspecified atom stereocenters. The second-order valence-corrected chi connectivity index (χ2v) is 7.16. The molecule has 0 aliphatic carbocycles. The van der Waals surface area contributed by atoms with E-state index in [9.17, 15) is 4.79 Å². The van der Waals surface area contributed by atoms with Crippen molar-refractivity contribution in [1.82, 2.24) is 9.88 Å². The number of carbonyl (C=O) groups is 1. The fraction of sp³-hybridized carbons (Fsp3) is 0.368. The van der Waals surface area contributed by atoms with Crippen LogP contribution in [0.2, 0.25) is 0 Å². The molecule has 0 radical (unpaired) electrons. The molecule has 2 aromatic rings. The maximum absolute atomic E-state index is 12.7. The van der Waals surface area contributed by atoms with Crippen molar-refractivity contribution in [3.8, 4) is 0 Å². The minimum atomic E-state index is -0.0496. The molecule has 1 aliphatic rings. The molecule has 2 amide bonds. The van der Waals surface area contributed by atoms with Gasteiger partial charge in [0, 0.05) is 23.7 Å². The van der Waals surface area contributed by atoms with Gasteiger partial charge in [0.1, 0.15) is 0 Å². The lowest BCUT2D eigenvalue weighted by Crippen LogP contribution is -2.39. The minimum absolute atomic E-state index is 0.0496. The van der Waals surface area contributed by atoms with Crippen LogP contribution < -0.4 is 5.32 Å². The number of pyridine rings is 1. The molecular weight excluding hydrogens is 318 g/mol. The number of anilines is 1. The van der Waals surface area contributed by atoms with Gasteiger partial charge in [0.15, 0.2) is 0 Å². The van der Waals surface area contributed by atoms with Crippen LogP contribution in [-0.2, 0) is 13.0 Å². The van der Waals surface area contributed by atoms with Crippen LogP contribution in [0.4, 0.5) is 10.5 Å². The first-order chi connectivity index (χ1) is 11.5. The van der Waals surface area contributed by atoms with E-state index in [2.05, 4.69) is 34.8 Å². The maximum Gasteiger partial charge on any atom is 0.322 e. The van der Waals surface area contributed by atoms with E-state index in [1.165, 1.54) is 16.0 Å². The van der Waals surface area contributed by atoms with Crippen LogP contribution in [0.1, 0.15) is 28.1 Å². The van der Waals surface area contributed by atoms with E-state index in [4.69, 9.17) is 0 Å². The first-order valence-electron chi connectivity index (χ1n) is 8.14. The highest BCUT2D eigenvalue weighted by Crippen LogP contribution is 2.25. The summed E-state index contributed by atoms with van der Waals surface area (Å²) in [5.41, 5.74) is 6.31. The molecule has 1 N–H and O–H groups in total. The molecule has 0 saturated heterocycles. The average molecular weight is 341 g/mol. The third-order valence-corrected chi connectivity index (χ3v) is 5.20. The van der Waals surface area contributed by atoms with E-state index < -0.39 is 0 Å². The van der Waals surface area contributed by atoms with Crippen molar-refractivity contribution in [2.24, 2.45) is 0 Å². The highest BCUT2D eigenvalue weighted by molar-refractivity contribution is 7.98. The molecule has 126 valence electrons. The summed E-state index contributed by atoms with van der Waals surface area (Å²) < 4.78 is 0. The maximum atomic E-state index is 12.7. The van der Waals surface area contributed by atoms with Crippen molar-refractivity contribution in [3.05, 3.63) is 52.3 Å². The van der Waals surface area contributed by atoms with Gasteiger partial charge >= 0.3 is 6.03 Å². The summed E-state index contributed by atoms with van der Waals surface area (Å²) in [6.07, 6.45) is 2.99. The van der Waals surface area contributed by atoms with Crippen molar-refractivity contribution in [3.63, 3.8) is 0 Å². The lowest BCUT2D eigenvalue weighted by Gasteiger charge is -2.29. The monoisotopic (exact) mass is 341 g/mol. The SMILES string of the molecule is CSc1ccc2c(c1)CCN(C(=O)Nc1c(C)cc(C)nc1C)C2. The second-order valence-electron chi connectivity index (χ2n) is 6.28. The van der Waals surface area contributed by atoms with Crippen molar-refractivity contribution in [2.75, 3.05) is 18.1 Å². The number of amides is 2. The van der Waals surface area contributed by atoms with E-state index in [0.717, 1.165) is 35.6 Å². The molecule has 1 aromatic carbocycles. The molecule has 0 atom stereocenters. The minimum Gasteiger partial charge on any atom is -0.320 e. The highest BCUT2D eigenvalue weighted by Gasteiger charge is 2.22. The summed E-state index contributed by atoms with van der Waals surface area (Å²) in [4.78, 5) is 20.3. The molecule has 2 heterocycles. The number of hydrogen-bond donors (Lipinski definition) is 1. The van der Waals surface area contributed by atoms with Gasteiger partial charge < -0.3 is 10.2 Å². The van der Waals surface area contributed by atoms with Crippen molar-refractivity contribution >= 4 is 23.5 Å². The van der Waals surface area contributed by atoms with E-state index in [1.807, 2.05) is 31.7 Å². The van der Waals surface area contributed by atoms with Gasteiger partial charge in [0.2, 0.25) is 0 Å². The number of thioether (sulfide) groups is 1. The zero-order chi connectivity index (χ0) is 17.3.